The molecule has 0 saturated heterocycles. The maximum Gasteiger partial charge on any atom is 0.355 e. The Morgan fingerprint density at radius 1 is 0.933 bits per heavy atom. The molecule has 0 radical (unpaired) electrons. The Morgan fingerprint density at radius 2 is 1.60 bits per heavy atom. The van der Waals surface area contributed by atoms with E-state index in [-0.39, 0.29) is 42.3 Å². The van der Waals surface area contributed by atoms with Gasteiger partial charge in [0.1, 0.15) is 25.5 Å². The van der Waals surface area contributed by atoms with Gasteiger partial charge in [-0.2, -0.15) is 0 Å². The molecule has 1 aromatic heterocycles. The first-order valence-electron chi connectivity index (χ1n) is 9.58. The number of esters is 3. The van der Waals surface area contributed by atoms with Crippen LogP contribution in [0.25, 0.3) is 0 Å². The van der Waals surface area contributed by atoms with Gasteiger partial charge in [-0.25, -0.2) is 14.4 Å². The van der Waals surface area contributed by atoms with E-state index in [0.717, 1.165) is 0 Å². The SMILES string of the molecule is CCOC(=O)c1[nH]c(COC(=O)c2ccc3c(c2)OCCO3)c(C(=O)OCC)c1C. The zero-order valence-electron chi connectivity index (χ0n) is 17.0. The molecule has 1 aromatic carbocycles. The first-order valence-corrected chi connectivity index (χ1v) is 9.58. The van der Waals surface area contributed by atoms with Crippen molar-refractivity contribution < 1.29 is 38.1 Å². The van der Waals surface area contributed by atoms with Crippen LogP contribution in [-0.4, -0.2) is 49.3 Å². The summed E-state index contributed by atoms with van der Waals surface area (Å²) in [7, 11) is 0. The Labute approximate surface area is 173 Å². The minimum absolute atomic E-state index is 0.116. The first kappa shape index (κ1) is 21.2. The number of hydrogen-bond donors (Lipinski definition) is 1. The van der Waals surface area contributed by atoms with Gasteiger partial charge in [0.15, 0.2) is 11.5 Å². The highest BCUT2D eigenvalue weighted by Gasteiger charge is 2.26. The van der Waals surface area contributed by atoms with Crippen molar-refractivity contribution in [1.82, 2.24) is 4.98 Å². The van der Waals surface area contributed by atoms with E-state index in [2.05, 4.69) is 4.98 Å². The van der Waals surface area contributed by atoms with Gasteiger partial charge < -0.3 is 28.7 Å². The van der Waals surface area contributed by atoms with Gasteiger partial charge in [-0.15, -0.1) is 0 Å². The molecule has 0 unspecified atom stereocenters. The average molecular weight is 417 g/mol. The van der Waals surface area contributed by atoms with Crippen LogP contribution in [0.15, 0.2) is 18.2 Å². The molecule has 2 aromatic rings. The number of nitrogens with one attached hydrogen (secondary N) is 1. The number of aromatic nitrogens is 1. The van der Waals surface area contributed by atoms with Gasteiger partial charge in [-0.1, -0.05) is 0 Å². The molecule has 160 valence electrons. The maximum absolute atomic E-state index is 12.5. The van der Waals surface area contributed by atoms with E-state index in [0.29, 0.717) is 30.3 Å². The molecule has 3 rings (SSSR count). The average Bonchev–Trinajstić information content (AvgIpc) is 3.08. The Morgan fingerprint density at radius 3 is 2.30 bits per heavy atom. The van der Waals surface area contributed by atoms with Gasteiger partial charge in [0, 0.05) is 0 Å². The number of rotatable bonds is 7. The van der Waals surface area contributed by atoms with Gasteiger partial charge in [-0.3, -0.25) is 0 Å². The number of ether oxygens (including phenoxy) is 5. The van der Waals surface area contributed by atoms with Crippen LogP contribution >= 0.6 is 0 Å². The molecule has 0 fully saturated rings. The van der Waals surface area contributed by atoms with Crippen LogP contribution < -0.4 is 9.47 Å². The topological polar surface area (TPSA) is 113 Å². The number of fused-ring (bicyclic) bond motifs is 1. The van der Waals surface area contributed by atoms with Crippen molar-refractivity contribution in [3.63, 3.8) is 0 Å². The van der Waals surface area contributed by atoms with Crippen LogP contribution in [0.4, 0.5) is 0 Å². The lowest BCUT2D eigenvalue weighted by Crippen LogP contribution is -2.16. The molecule has 0 aliphatic carbocycles. The Balaban J connectivity index is 1.81. The lowest BCUT2D eigenvalue weighted by atomic mass is 10.1. The van der Waals surface area contributed by atoms with Gasteiger partial charge in [-0.05, 0) is 44.5 Å². The van der Waals surface area contributed by atoms with Gasteiger partial charge >= 0.3 is 17.9 Å². The van der Waals surface area contributed by atoms with E-state index in [1.165, 1.54) is 6.07 Å². The van der Waals surface area contributed by atoms with E-state index in [9.17, 15) is 14.4 Å². The van der Waals surface area contributed by atoms with E-state index in [4.69, 9.17) is 23.7 Å². The first-order chi connectivity index (χ1) is 14.5. The molecule has 2 heterocycles. The number of H-pyrrole nitrogens is 1. The van der Waals surface area contributed by atoms with E-state index in [1.807, 2.05) is 0 Å². The lowest BCUT2D eigenvalue weighted by molar-refractivity contribution is 0.0445. The number of benzene rings is 1. The minimum Gasteiger partial charge on any atom is -0.486 e. The van der Waals surface area contributed by atoms with E-state index >= 15 is 0 Å². The second-order valence-corrected chi connectivity index (χ2v) is 6.35. The third kappa shape index (κ3) is 4.40. The largest absolute Gasteiger partial charge is 0.486 e. The highest BCUT2D eigenvalue weighted by molar-refractivity contribution is 5.98. The molecule has 0 bridgehead atoms. The maximum atomic E-state index is 12.5. The summed E-state index contributed by atoms with van der Waals surface area (Å²) in [5, 5.41) is 0. The number of carbonyl (C=O) groups is 3. The summed E-state index contributed by atoms with van der Waals surface area (Å²) in [5.74, 6) is -0.825. The summed E-state index contributed by atoms with van der Waals surface area (Å²) in [6, 6.07) is 4.73. The van der Waals surface area contributed by atoms with Crippen LogP contribution in [0.1, 0.15) is 56.3 Å². The van der Waals surface area contributed by atoms with Gasteiger partial charge in [0.2, 0.25) is 0 Å². The predicted molar refractivity (Wildman–Crippen MR) is 104 cm³/mol. The molecule has 0 spiro atoms. The number of aromatic amines is 1. The third-order valence-electron chi connectivity index (χ3n) is 4.41. The van der Waals surface area contributed by atoms with E-state index in [1.54, 1.807) is 32.9 Å². The zero-order chi connectivity index (χ0) is 21.7. The van der Waals surface area contributed by atoms with Crippen molar-refractivity contribution in [2.24, 2.45) is 0 Å². The van der Waals surface area contributed by atoms with Crippen LogP contribution in [0.2, 0.25) is 0 Å². The fourth-order valence-electron chi connectivity index (χ4n) is 3.05. The molecule has 9 nitrogen and oxygen atoms in total. The molecule has 1 aliphatic rings. The van der Waals surface area contributed by atoms with Crippen molar-refractivity contribution in [3.05, 3.63) is 46.3 Å². The second-order valence-electron chi connectivity index (χ2n) is 6.35. The Kier molecular flexibility index (Phi) is 6.61. The molecule has 1 N–H and O–H groups in total. The molecule has 30 heavy (non-hydrogen) atoms. The van der Waals surface area contributed by atoms with Crippen LogP contribution in [0, 0.1) is 6.92 Å². The minimum atomic E-state index is -0.619. The molecular weight excluding hydrogens is 394 g/mol. The van der Waals surface area contributed by atoms with Crippen LogP contribution in [0.5, 0.6) is 11.5 Å². The Hall–Kier alpha value is -3.49. The highest BCUT2D eigenvalue weighted by atomic mass is 16.6. The molecular formula is C21H23NO8. The zero-order valence-corrected chi connectivity index (χ0v) is 17.0. The van der Waals surface area contributed by atoms with Crippen molar-refractivity contribution in [1.29, 1.82) is 0 Å². The van der Waals surface area contributed by atoms with Crippen LogP contribution in [-0.2, 0) is 20.8 Å². The fourth-order valence-corrected chi connectivity index (χ4v) is 3.05. The summed E-state index contributed by atoms with van der Waals surface area (Å²) >= 11 is 0. The fraction of sp³-hybridized carbons (Fsp3) is 0.381. The Bertz CT molecular complexity index is 962. The standard InChI is InChI=1S/C21H23NO8/c1-4-26-20(24)17-12(3)18(21(25)27-5-2)22-14(17)11-30-19(23)13-6-7-15-16(10-13)29-9-8-28-15/h6-7,10,22H,4-5,8-9,11H2,1-3H3. The number of carbonyl (C=O) groups excluding carboxylic acids is 3. The summed E-state index contributed by atoms with van der Waals surface area (Å²) in [6.45, 7) is 5.87. The molecule has 0 atom stereocenters. The lowest BCUT2D eigenvalue weighted by Gasteiger charge is -2.18. The summed E-state index contributed by atoms with van der Waals surface area (Å²) < 4.78 is 26.3. The smallest absolute Gasteiger partial charge is 0.355 e. The normalized spacial score (nSPS) is 12.2. The van der Waals surface area contributed by atoms with Crippen molar-refractivity contribution >= 4 is 17.9 Å². The van der Waals surface area contributed by atoms with Crippen LogP contribution in [0.3, 0.4) is 0 Å². The van der Waals surface area contributed by atoms with Crippen molar-refractivity contribution in [2.45, 2.75) is 27.4 Å². The number of hydrogen-bond acceptors (Lipinski definition) is 8. The quantitative estimate of drug-likeness (QED) is 0.540. The molecule has 9 heteroatoms. The molecule has 0 amide bonds. The molecule has 0 saturated carbocycles. The summed E-state index contributed by atoms with van der Waals surface area (Å²) in [6.07, 6.45) is 0. The predicted octanol–water partition coefficient (Wildman–Crippen LogP) is 2.80. The second kappa shape index (κ2) is 9.34. The third-order valence-corrected chi connectivity index (χ3v) is 4.41. The van der Waals surface area contributed by atoms with Gasteiger partial charge in [0.25, 0.3) is 0 Å². The molecule has 1 aliphatic heterocycles. The summed E-state index contributed by atoms with van der Waals surface area (Å²) in [5.41, 5.74) is 1.16. The van der Waals surface area contributed by atoms with E-state index < -0.39 is 17.9 Å². The van der Waals surface area contributed by atoms with Crippen molar-refractivity contribution in [2.75, 3.05) is 26.4 Å². The van der Waals surface area contributed by atoms with Crippen molar-refractivity contribution in [3.8, 4) is 11.5 Å². The summed E-state index contributed by atoms with van der Waals surface area (Å²) in [4.78, 5) is 39.9. The van der Waals surface area contributed by atoms with Gasteiger partial charge in [0.05, 0.1) is 30.0 Å². The highest BCUT2D eigenvalue weighted by Crippen LogP contribution is 2.31. The monoisotopic (exact) mass is 417 g/mol.